The molecule has 1 saturated heterocycles. The summed E-state index contributed by atoms with van der Waals surface area (Å²) in [7, 11) is 3.29. The average Bonchev–Trinajstić information content (AvgIpc) is 3.33. The van der Waals surface area contributed by atoms with E-state index < -0.39 is 0 Å². The molecule has 1 fully saturated rings. The number of aryl methyl sites for hydroxylation is 1. The highest BCUT2D eigenvalue weighted by atomic mass is 32.2. The first-order chi connectivity index (χ1) is 16.1. The highest BCUT2D eigenvalue weighted by Gasteiger charge is 2.23. The third-order valence-corrected chi connectivity index (χ3v) is 6.40. The Balaban J connectivity index is 1.26. The lowest BCUT2D eigenvalue weighted by Crippen LogP contribution is -2.48. The number of aromatic nitrogens is 3. The van der Waals surface area contributed by atoms with Gasteiger partial charge in [0, 0.05) is 45.1 Å². The molecular formula is C23H27N5O4S. The number of methoxy groups -OCH3 is 2. The first kappa shape index (κ1) is 23.1. The van der Waals surface area contributed by atoms with Gasteiger partial charge in [0.2, 0.25) is 11.8 Å². The number of thioether (sulfide) groups is 1. The lowest BCUT2D eigenvalue weighted by molar-refractivity contribution is -0.130. The maximum Gasteiger partial charge on any atom is 0.277 e. The van der Waals surface area contributed by atoms with Crippen molar-refractivity contribution in [1.29, 1.82) is 0 Å². The molecule has 3 aromatic rings. The van der Waals surface area contributed by atoms with E-state index in [1.807, 2.05) is 29.2 Å². The third-order valence-electron chi connectivity index (χ3n) is 5.60. The molecule has 0 unspecified atom stereocenters. The molecule has 1 aromatic carbocycles. The van der Waals surface area contributed by atoms with Gasteiger partial charge in [-0.3, -0.25) is 14.7 Å². The summed E-state index contributed by atoms with van der Waals surface area (Å²) in [5.74, 6) is 2.21. The number of benzene rings is 1. The van der Waals surface area contributed by atoms with Crippen LogP contribution in [0.1, 0.15) is 11.1 Å². The van der Waals surface area contributed by atoms with Gasteiger partial charge in [0.15, 0.2) is 11.5 Å². The van der Waals surface area contributed by atoms with Gasteiger partial charge >= 0.3 is 0 Å². The largest absolute Gasteiger partial charge is 0.493 e. The predicted molar refractivity (Wildman–Crippen MR) is 124 cm³/mol. The molecule has 1 amide bonds. The number of rotatable bonds is 8. The number of hydrogen-bond acceptors (Lipinski definition) is 9. The zero-order valence-corrected chi connectivity index (χ0v) is 19.8. The molecule has 0 saturated carbocycles. The van der Waals surface area contributed by atoms with Gasteiger partial charge in [-0.15, -0.1) is 10.2 Å². The summed E-state index contributed by atoms with van der Waals surface area (Å²) >= 11 is 1.26. The maximum atomic E-state index is 12.7. The van der Waals surface area contributed by atoms with Gasteiger partial charge in [0.05, 0.1) is 25.5 Å². The number of ether oxygens (including phenoxy) is 2. The number of carbonyl (C=O) groups is 1. The molecule has 1 aliphatic heterocycles. The Morgan fingerprint density at radius 2 is 1.88 bits per heavy atom. The van der Waals surface area contributed by atoms with Crippen LogP contribution in [0.5, 0.6) is 11.5 Å². The fourth-order valence-electron chi connectivity index (χ4n) is 3.68. The molecule has 174 valence electrons. The Labute approximate surface area is 197 Å². The van der Waals surface area contributed by atoms with Crippen molar-refractivity contribution in [3.8, 4) is 23.0 Å². The topological polar surface area (TPSA) is 93.8 Å². The van der Waals surface area contributed by atoms with E-state index in [1.165, 1.54) is 17.3 Å². The van der Waals surface area contributed by atoms with Crippen LogP contribution in [0.2, 0.25) is 0 Å². The van der Waals surface area contributed by atoms with E-state index in [0.717, 1.165) is 42.3 Å². The Morgan fingerprint density at radius 1 is 1.12 bits per heavy atom. The molecule has 0 aliphatic carbocycles. The van der Waals surface area contributed by atoms with Crippen LogP contribution in [0.3, 0.4) is 0 Å². The van der Waals surface area contributed by atoms with E-state index >= 15 is 0 Å². The lowest BCUT2D eigenvalue weighted by atomic mass is 10.1. The Kier molecular flexibility index (Phi) is 7.46. The molecule has 0 spiro atoms. The van der Waals surface area contributed by atoms with Crippen LogP contribution in [-0.2, 0) is 11.3 Å². The van der Waals surface area contributed by atoms with Gasteiger partial charge in [0.25, 0.3) is 5.22 Å². The minimum atomic E-state index is 0.0723. The van der Waals surface area contributed by atoms with Crippen molar-refractivity contribution in [2.75, 3.05) is 46.2 Å². The van der Waals surface area contributed by atoms with Crippen molar-refractivity contribution >= 4 is 17.7 Å². The Morgan fingerprint density at radius 3 is 2.58 bits per heavy atom. The quantitative estimate of drug-likeness (QED) is 0.462. The van der Waals surface area contributed by atoms with E-state index in [0.29, 0.717) is 24.2 Å². The number of piperazine rings is 1. The van der Waals surface area contributed by atoms with Crippen molar-refractivity contribution in [1.82, 2.24) is 25.0 Å². The summed E-state index contributed by atoms with van der Waals surface area (Å²) < 4.78 is 16.5. The Hall–Kier alpha value is -3.11. The summed E-state index contributed by atoms with van der Waals surface area (Å²) in [6.45, 7) is 5.90. The average molecular weight is 470 g/mol. The SMILES string of the molecule is COc1cc(C)c(CN2CCN(C(=O)CSc3nnc(-c4cccnc4)o3)CC2)cc1OC. The van der Waals surface area contributed by atoms with Crippen molar-refractivity contribution in [3.63, 3.8) is 0 Å². The molecule has 9 nitrogen and oxygen atoms in total. The van der Waals surface area contributed by atoms with Crippen LogP contribution in [0.25, 0.3) is 11.5 Å². The van der Waals surface area contributed by atoms with Crippen molar-refractivity contribution in [2.45, 2.75) is 18.7 Å². The third kappa shape index (κ3) is 5.63. The summed E-state index contributed by atoms with van der Waals surface area (Å²) in [5, 5.41) is 8.43. The van der Waals surface area contributed by atoms with Gasteiger partial charge in [-0.2, -0.15) is 0 Å². The first-order valence-electron chi connectivity index (χ1n) is 10.7. The molecule has 3 heterocycles. The van der Waals surface area contributed by atoms with Crippen LogP contribution in [-0.4, -0.2) is 77.0 Å². The van der Waals surface area contributed by atoms with Crippen molar-refractivity contribution in [3.05, 3.63) is 47.8 Å². The second kappa shape index (κ2) is 10.7. The molecule has 10 heteroatoms. The van der Waals surface area contributed by atoms with E-state index in [2.05, 4.69) is 27.0 Å². The molecule has 0 atom stereocenters. The smallest absolute Gasteiger partial charge is 0.277 e. The second-order valence-corrected chi connectivity index (χ2v) is 8.62. The molecule has 4 rings (SSSR count). The van der Waals surface area contributed by atoms with E-state index in [1.54, 1.807) is 26.6 Å². The summed E-state index contributed by atoms with van der Waals surface area (Å²) in [6, 6.07) is 7.69. The van der Waals surface area contributed by atoms with Crippen LogP contribution in [0.15, 0.2) is 46.3 Å². The van der Waals surface area contributed by atoms with Crippen LogP contribution in [0.4, 0.5) is 0 Å². The molecule has 1 aliphatic rings. The minimum Gasteiger partial charge on any atom is -0.493 e. The van der Waals surface area contributed by atoms with E-state index in [-0.39, 0.29) is 11.7 Å². The van der Waals surface area contributed by atoms with Gasteiger partial charge < -0.3 is 18.8 Å². The van der Waals surface area contributed by atoms with Crippen LogP contribution in [0, 0.1) is 6.92 Å². The molecule has 2 aromatic heterocycles. The lowest BCUT2D eigenvalue weighted by Gasteiger charge is -2.35. The molecule has 0 radical (unpaired) electrons. The molecule has 0 N–H and O–H groups in total. The molecule has 0 bridgehead atoms. The predicted octanol–water partition coefficient (Wildman–Crippen LogP) is 2.89. The minimum absolute atomic E-state index is 0.0723. The van der Waals surface area contributed by atoms with Gasteiger partial charge in [-0.05, 0) is 42.3 Å². The molecular weight excluding hydrogens is 442 g/mol. The number of carbonyl (C=O) groups excluding carboxylic acids is 1. The maximum absolute atomic E-state index is 12.7. The monoisotopic (exact) mass is 469 g/mol. The first-order valence-corrected chi connectivity index (χ1v) is 11.6. The number of pyridine rings is 1. The second-order valence-electron chi connectivity index (χ2n) is 7.69. The zero-order valence-electron chi connectivity index (χ0n) is 19.0. The molecule has 33 heavy (non-hydrogen) atoms. The van der Waals surface area contributed by atoms with E-state index in [9.17, 15) is 4.79 Å². The van der Waals surface area contributed by atoms with Crippen LogP contribution < -0.4 is 9.47 Å². The summed E-state index contributed by atoms with van der Waals surface area (Å²) in [4.78, 5) is 21.0. The normalized spacial score (nSPS) is 14.3. The fourth-order valence-corrected chi connectivity index (χ4v) is 4.34. The zero-order chi connectivity index (χ0) is 23.2. The van der Waals surface area contributed by atoms with Gasteiger partial charge in [0.1, 0.15) is 0 Å². The van der Waals surface area contributed by atoms with Gasteiger partial charge in [-0.1, -0.05) is 11.8 Å². The van der Waals surface area contributed by atoms with Crippen LogP contribution >= 0.6 is 11.8 Å². The highest BCUT2D eigenvalue weighted by molar-refractivity contribution is 7.99. The van der Waals surface area contributed by atoms with E-state index in [4.69, 9.17) is 13.9 Å². The van der Waals surface area contributed by atoms with Gasteiger partial charge in [-0.25, -0.2) is 0 Å². The summed E-state index contributed by atoms with van der Waals surface area (Å²) in [5.41, 5.74) is 3.11. The highest BCUT2D eigenvalue weighted by Crippen LogP contribution is 2.31. The van der Waals surface area contributed by atoms with Crippen molar-refractivity contribution < 1.29 is 18.7 Å². The summed E-state index contributed by atoms with van der Waals surface area (Å²) in [6.07, 6.45) is 3.35. The Bertz CT molecular complexity index is 1080. The number of hydrogen-bond donors (Lipinski definition) is 0. The number of nitrogens with zero attached hydrogens (tertiary/aromatic N) is 5. The standard InChI is InChI=1S/C23H27N5O4S/c1-16-11-19(30-2)20(31-3)12-18(16)14-27-7-9-28(10-8-27)21(29)15-33-23-26-25-22(32-23)17-5-4-6-24-13-17/h4-6,11-13H,7-10,14-15H2,1-3H3. The fraction of sp³-hybridized carbons (Fsp3) is 0.391. The van der Waals surface area contributed by atoms with Crippen molar-refractivity contribution in [2.24, 2.45) is 0 Å². The number of amides is 1.